The number of nitrogens with one attached hydrogen (secondary N) is 2. The summed E-state index contributed by atoms with van der Waals surface area (Å²) in [5.41, 5.74) is 0.243. The maximum Gasteiger partial charge on any atom is 0.437 e. The molecule has 0 bridgehead atoms. The van der Waals surface area contributed by atoms with Gasteiger partial charge in [-0.15, -0.1) is 4.99 Å². The Balaban J connectivity index is 3.12. The zero-order chi connectivity index (χ0) is 20.8. The molecule has 2 amide bonds. The SMILES string of the molecule is Cc1ccc(C#N)cc1NC(=NC(=O)OC(C)(C)C)NC(=O)OC(C)(C)C. The first kappa shape index (κ1) is 22.0. The lowest BCUT2D eigenvalue weighted by Crippen LogP contribution is -2.40. The van der Waals surface area contributed by atoms with Crippen molar-refractivity contribution in [1.29, 1.82) is 5.26 Å². The van der Waals surface area contributed by atoms with E-state index >= 15 is 0 Å². The first-order chi connectivity index (χ1) is 12.3. The number of rotatable bonds is 1. The second-order valence-electron chi connectivity index (χ2n) is 7.83. The third kappa shape index (κ3) is 8.72. The molecular weight excluding hydrogens is 348 g/mol. The molecule has 1 aromatic carbocycles. The van der Waals surface area contributed by atoms with Crippen LogP contribution in [-0.2, 0) is 9.47 Å². The minimum Gasteiger partial charge on any atom is -0.444 e. The van der Waals surface area contributed by atoms with Gasteiger partial charge in [-0.1, -0.05) is 6.07 Å². The van der Waals surface area contributed by atoms with E-state index in [1.54, 1.807) is 59.7 Å². The third-order valence-corrected chi connectivity index (χ3v) is 2.84. The van der Waals surface area contributed by atoms with Crippen LogP contribution in [0.3, 0.4) is 0 Å². The maximum atomic E-state index is 12.1. The van der Waals surface area contributed by atoms with E-state index in [0.29, 0.717) is 11.3 Å². The van der Waals surface area contributed by atoms with Crippen LogP contribution in [0.4, 0.5) is 15.3 Å². The van der Waals surface area contributed by atoms with E-state index in [-0.39, 0.29) is 5.96 Å². The summed E-state index contributed by atoms with van der Waals surface area (Å²) >= 11 is 0. The fourth-order valence-corrected chi connectivity index (χ4v) is 1.82. The van der Waals surface area contributed by atoms with E-state index < -0.39 is 23.4 Å². The standard InChI is InChI=1S/C19H26N4O4/c1-12-8-9-13(11-20)10-14(12)21-15(22-16(24)26-18(2,3)4)23-17(25)27-19(5,6)7/h8-10H,1-7H3,(H2,21,22,23,24,25). The van der Waals surface area contributed by atoms with Crippen LogP contribution in [0.2, 0.25) is 0 Å². The Hall–Kier alpha value is -3.08. The van der Waals surface area contributed by atoms with Crippen molar-refractivity contribution < 1.29 is 19.1 Å². The molecule has 0 aliphatic heterocycles. The van der Waals surface area contributed by atoms with Gasteiger partial charge in [-0.2, -0.15) is 5.26 Å². The van der Waals surface area contributed by atoms with Gasteiger partial charge < -0.3 is 14.8 Å². The summed E-state index contributed by atoms with van der Waals surface area (Å²) in [7, 11) is 0. The highest BCUT2D eigenvalue weighted by Gasteiger charge is 2.20. The van der Waals surface area contributed by atoms with Crippen molar-refractivity contribution in [3.8, 4) is 6.07 Å². The predicted molar refractivity (Wildman–Crippen MR) is 103 cm³/mol. The second-order valence-corrected chi connectivity index (χ2v) is 7.83. The molecule has 8 nitrogen and oxygen atoms in total. The summed E-state index contributed by atoms with van der Waals surface area (Å²) in [5, 5.41) is 14.3. The Labute approximate surface area is 159 Å². The molecule has 27 heavy (non-hydrogen) atoms. The topological polar surface area (TPSA) is 113 Å². The van der Waals surface area contributed by atoms with Gasteiger partial charge in [0.25, 0.3) is 0 Å². The molecule has 0 saturated heterocycles. The molecule has 0 fully saturated rings. The van der Waals surface area contributed by atoms with E-state index in [4.69, 9.17) is 14.7 Å². The Morgan fingerprint density at radius 1 is 1.07 bits per heavy atom. The number of benzene rings is 1. The van der Waals surface area contributed by atoms with Crippen molar-refractivity contribution in [2.24, 2.45) is 4.99 Å². The lowest BCUT2D eigenvalue weighted by Gasteiger charge is -2.21. The molecule has 0 aromatic heterocycles. The van der Waals surface area contributed by atoms with Crippen LogP contribution in [0, 0.1) is 18.3 Å². The number of nitriles is 1. The molecule has 0 radical (unpaired) electrons. The molecule has 0 unspecified atom stereocenters. The molecule has 8 heteroatoms. The fraction of sp³-hybridized carbons (Fsp3) is 0.474. The molecule has 1 aromatic rings. The number of aryl methyl sites for hydroxylation is 1. The quantitative estimate of drug-likeness (QED) is 0.565. The van der Waals surface area contributed by atoms with Crippen molar-refractivity contribution in [2.75, 3.05) is 5.32 Å². The summed E-state index contributed by atoms with van der Waals surface area (Å²) in [5.74, 6) is -0.170. The molecule has 0 aliphatic carbocycles. The van der Waals surface area contributed by atoms with E-state index in [2.05, 4.69) is 15.6 Å². The van der Waals surface area contributed by atoms with Crippen LogP contribution in [-0.4, -0.2) is 29.3 Å². The molecule has 146 valence electrons. The molecule has 1 rings (SSSR count). The highest BCUT2D eigenvalue weighted by molar-refractivity contribution is 6.06. The third-order valence-electron chi connectivity index (χ3n) is 2.84. The van der Waals surface area contributed by atoms with Gasteiger partial charge in [-0.25, -0.2) is 9.59 Å². The molecule has 0 saturated carbocycles. The summed E-state index contributed by atoms with van der Waals surface area (Å²) in [6.45, 7) is 12.1. The number of alkyl carbamates (subject to hydrolysis) is 1. The van der Waals surface area contributed by atoms with E-state index in [0.717, 1.165) is 5.56 Å². The fourth-order valence-electron chi connectivity index (χ4n) is 1.82. The Bertz CT molecular complexity index is 780. The summed E-state index contributed by atoms with van der Waals surface area (Å²) < 4.78 is 10.3. The number of amides is 2. The van der Waals surface area contributed by atoms with Crippen LogP contribution < -0.4 is 10.6 Å². The van der Waals surface area contributed by atoms with E-state index in [9.17, 15) is 9.59 Å². The van der Waals surface area contributed by atoms with Crippen LogP contribution in [0.5, 0.6) is 0 Å². The zero-order valence-corrected chi connectivity index (χ0v) is 16.8. The Kier molecular flexibility index (Phi) is 6.94. The number of aliphatic imine (C=N–C) groups is 1. The van der Waals surface area contributed by atoms with Gasteiger partial charge in [0.15, 0.2) is 0 Å². The van der Waals surface area contributed by atoms with Gasteiger partial charge in [0.2, 0.25) is 5.96 Å². The van der Waals surface area contributed by atoms with Gasteiger partial charge in [-0.3, -0.25) is 5.32 Å². The van der Waals surface area contributed by atoms with Gasteiger partial charge in [-0.05, 0) is 66.2 Å². The number of hydrogen-bond donors (Lipinski definition) is 2. The molecule has 0 aliphatic rings. The predicted octanol–water partition coefficient (Wildman–Crippen LogP) is 4.09. The largest absolute Gasteiger partial charge is 0.444 e. The molecule has 0 spiro atoms. The van der Waals surface area contributed by atoms with Crippen LogP contribution in [0.15, 0.2) is 23.2 Å². The van der Waals surface area contributed by atoms with E-state index in [1.807, 2.05) is 13.0 Å². The summed E-state index contributed by atoms with van der Waals surface area (Å²) in [6, 6.07) is 7.00. The second kappa shape index (κ2) is 8.54. The minimum absolute atomic E-state index is 0.170. The number of carbonyl (C=O) groups is 2. The average molecular weight is 374 g/mol. The monoisotopic (exact) mass is 374 g/mol. The van der Waals surface area contributed by atoms with Gasteiger partial charge >= 0.3 is 12.2 Å². The number of anilines is 1. The number of carbonyl (C=O) groups excluding carboxylic acids is 2. The lowest BCUT2D eigenvalue weighted by molar-refractivity contribution is 0.0562. The highest BCUT2D eigenvalue weighted by Crippen LogP contribution is 2.17. The summed E-state index contributed by atoms with van der Waals surface area (Å²) in [4.78, 5) is 27.9. The van der Waals surface area contributed by atoms with Crippen LogP contribution >= 0.6 is 0 Å². The highest BCUT2D eigenvalue weighted by atomic mass is 16.6. The van der Waals surface area contributed by atoms with Crippen molar-refractivity contribution in [1.82, 2.24) is 5.32 Å². The van der Waals surface area contributed by atoms with Crippen molar-refractivity contribution in [2.45, 2.75) is 59.7 Å². The number of hydrogen-bond acceptors (Lipinski definition) is 5. The van der Waals surface area contributed by atoms with Crippen LogP contribution in [0.25, 0.3) is 0 Å². The average Bonchev–Trinajstić information content (AvgIpc) is 2.45. The number of guanidine groups is 1. The number of nitrogens with zero attached hydrogens (tertiary/aromatic N) is 2. The Morgan fingerprint density at radius 3 is 2.19 bits per heavy atom. The summed E-state index contributed by atoms with van der Waals surface area (Å²) in [6.07, 6.45) is -1.67. The lowest BCUT2D eigenvalue weighted by atomic mass is 10.1. The minimum atomic E-state index is -0.879. The zero-order valence-electron chi connectivity index (χ0n) is 16.8. The number of ether oxygens (including phenoxy) is 2. The van der Waals surface area contributed by atoms with Crippen molar-refractivity contribution in [3.63, 3.8) is 0 Å². The molecule has 2 N–H and O–H groups in total. The van der Waals surface area contributed by atoms with Crippen molar-refractivity contribution in [3.05, 3.63) is 29.3 Å². The maximum absolute atomic E-state index is 12.1. The first-order valence-electron chi connectivity index (χ1n) is 8.38. The van der Waals surface area contributed by atoms with Crippen LogP contribution in [0.1, 0.15) is 52.7 Å². The smallest absolute Gasteiger partial charge is 0.437 e. The van der Waals surface area contributed by atoms with Gasteiger partial charge in [0.05, 0.1) is 11.6 Å². The van der Waals surface area contributed by atoms with Gasteiger partial charge in [0.1, 0.15) is 11.2 Å². The molecular formula is C19H26N4O4. The van der Waals surface area contributed by atoms with E-state index in [1.165, 1.54) is 0 Å². The Morgan fingerprint density at radius 2 is 1.67 bits per heavy atom. The van der Waals surface area contributed by atoms with Gasteiger partial charge in [0, 0.05) is 5.69 Å². The first-order valence-corrected chi connectivity index (χ1v) is 8.38. The molecule has 0 atom stereocenters. The van der Waals surface area contributed by atoms with Crippen molar-refractivity contribution >= 4 is 23.8 Å². The normalized spacial score (nSPS) is 12.0. The molecule has 0 heterocycles.